The fourth-order valence-electron chi connectivity index (χ4n) is 4.34. The molecule has 8 heteroatoms. The third-order valence-electron chi connectivity index (χ3n) is 7.69. The van der Waals surface area contributed by atoms with E-state index in [0.717, 1.165) is 40.8 Å². The number of halogens is 2. The number of fused-ring (bicyclic) bond motifs is 1. The summed E-state index contributed by atoms with van der Waals surface area (Å²) in [6.45, 7) is 11.2. The van der Waals surface area contributed by atoms with Gasteiger partial charge in [-0.1, -0.05) is 62.2 Å². The second kappa shape index (κ2) is 11.7. The van der Waals surface area contributed by atoms with Crippen LogP contribution in [0.3, 0.4) is 0 Å². The molecule has 0 heterocycles. The van der Waals surface area contributed by atoms with Crippen molar-refractivity contribution < 1.29 is 18.8 Å². The predicted octanol–water partition coefficient (Wildman–Crippen LogP) is 9.11. The van der Waals surface area contributed by atoms with E-state index in [4.69, 9.17) is 32.4 Å². The van der Waals surface area contributed by atoms with Gasteiger partial charge in [-0.3, -0.25) is 10.1 Å². The maximum absolute atomic E-state index is 13.3. The Morgan fingerprint density at radius 3 is 2.33 bits per heavy atom. The van der Waals surface area contributed by atoms with Crippen LogP contribution in [0.1, 0.15) is 54.2 Å². The molecule has 206 valence electrons. The largest absolute Gasteiger partial charge is 0.543 e. The van der Waals surface area contributed by atoms with E-state index in [0.29, 0.717) is 22.2 Å². The normalized spacial score (nSPS) is 15.5. The second-order valence-corrected chi connectivity index (χ2v) is 17.2. The first-order valence-electron chi connectivity index (χ1n) is 13.2. The second-order valence-electron chi connectivity index (χ2n) is 11.6. The number of ether oxygens (including phenoxy) is 1. The molecule has 0 aromatic heterocycles. The number of amides is 1. The highest BCUT2D eigenvalue weighted by atomic mass is 35.5. The number of carbonyl (C=O) groups is 2. The molecular weight excluding hydrogens is 549 g/mol. The Balaban J connectivity index is 1.32. The molecule has 39 heavy (non-hydrogen) atoms. The van der Waals surface area contributed by atoms with E-state index in [1.165, 1.54) is 0 Å². The molecule has 0 spiro atoms. The lowest BCUT2D eigenvalue weighted by molar-refractivity contribution is 0.0901. The van der Waals surface area contributed by atoms with E-state index in [2.05, 4.69) is 45.2 Å². The third kappa shape index (κ3) is 7.24. The summed E-state index contributed by atoms with van der Waals surface area (Å²) in [4.78, 5) is 25.5. The number of anilines is 1. The number of aryl methyl sites for hydroxylation is 1. The SMILES string of the molecule is CC(C)(C)[Si](C)(C)Oc1ccc2c(c1)CCC(Cc1ccc(NC(=O)OCc3ccc(Cl)c(Cl)c3)cc1)C2=O. The van der Waals surface area contributed by atoms with Crippen LogP contribution in [0.25, 0.3) is 0 Å². The summed E-state index contributed by atoms with van der Waals surface area (Å²) in [6, 6.07) is 18.5. The predicted molar refractivity (Wildman–Crippen MR) is 161 cm³/mol. The van der Waals surface area contributed by atoms with E-state index >= 15 is 0 Å². The number of benzene rings is 3. The fourth-order valence-corrected chi connectivity index (χ4v) is 5.69. The highest BCUT2D eigenvalue weighted by Gasteiger charge is 2.39. The zero-order chi connectivity index (χ0) is 28.4. The number of ketones is 1. The smallest absolute Gasteiger partial charge is 0.411 e. The van der Waals surface area contributed by atoms with Gasteiger partial charge in [-0.15, -0.1) is 0 Å². The molecule has 0 bridgehead atoms. The third-order valence-corrected chi connectivity index (χ3v) is 12.8. The first-order valence-corrected chi connectivity index (χ1v) is 16.8. The Labute approximate surface area is 241 Å². The number of hydrogen-bond acceptors (Lipinski definition) is 4. The van der Waals surface area contributed by atoms with Gasteiger partial charge in [0.2, 0.25) is 8.32 Å². The number of Topliss-reactive ketones (excluding diaryl/α,β-unsaturated/α-hetero) is 1. The highest BCUT2D eigenvalue weighted by molar-refractivity contribution is 6.74. The number of rotatable bonds is 7. The van der Waals surface area contributed by atoms with Crippen molar-refractivity contribution in [1.82, 2.24) is 0 Å². The molecule has 5 nitrogen and oxygen atoms in total. The van der Waals surface area contributed by atoms with Crippen LogP contribution in [0.5, 0.6) is 5.75 Å². The Morgan fingerprint density at radius 2 is 1.67 bits per heavy atom. The molecule has 4 rings (SSSR count). The average Bonchev–Trinajstić information content (AvgIpc) is 2.86. The first kappa shape index (κ1) is 29.2. The molecule has 1 N–H and O–H groups in total. The van der Waals surface area contributed by atoms with Gasteiger partial charge in [-0.05, 0) is 96.5 Å². The Kier molecular flexibility index (Phi) is 8.79. The molecule has 1 unspecified atom stereocenters. The molecule has 1 atom stereocenters. The summed E-state index contributed by atoms with van der Waals surface area (Å²) in [5, 5.41) is 3.70. The van der Waals surface area contributed by atoms with Crippen molar-refractivity contribution in [2.45, 2.75) is 64.8 Å². The van der Waals surface area contributed by atoms with E-state index < -0.39 is 14.4 Å². The zero-order valence-corrected chi connectivity index (χ0v) is 25.6. The monoisotopic (exact) mass is 583 g/mol. The first-order chi connectivity index (χ1) is 18.3. The molecule has 3 aromatic rings. The van der Waals surface area contributed by atoms with Gasteiger partial charge in [0.1, 0.15) is 12.4 Å². The Hall–Kier alpha value is -2.80. The van der Waals surface area contributed by atoms with Crippen LogP contribution >= 0.6 is 23.2 Å². The van der Waals surface area contributed by atoms with Gasteiger partial charge in [0.25, 0.3) is 0 Å². The van der Waals surface area contributed by atoms with Crippen LogP contribution in [0.2, 0.25) is 28.2 Å². The molecule has 3 aromatic carbocycles. The van der Waals surface area contributed by atoms with Crippen LogP contribution in [-0.2, 0) is 24.2 Å². The van der Waals surface area contributed by atoms with Gasteiger partial charge in [-0.25, -0.2) is 4.79 Å². The van der Waals surface area contributed by atoms with E-state index in [-0.39, 0.29) is 23.3 Å². The van der Waals surface area contributed by atoms with Crippen molar-refractivity contribution in [3.05, 3.63) is 93.0 Å². The minimum atomic E-state index is -1.94. The molecule has 0 aliphatic heterocycles. The van der Waals surface area contributed by atoms with Gasteiger partial charge in [0.05, 0.1) is 10.0 Å². The van der Waals surface area contributed by atoms with Crippen LogP contribution in [-0.4, -0.2) is 20.2 Å². The average molecular weight is 585 g/mol. The molecule has 0 saturated carbocycles. The Bertz CT molecular complexity index is 1370. The maximum atomic E-state index is 13.3. The van der Waals surface area contributed by atoms with Gasteiger partial charge >= 0.3 is 6.09 Å². The highest BCUT2D eigenvalue weighted by Crippen LogP contribution is 2.38. The van der Waals surface area contributed by atoms with E-state index in [1.54, 1.807) is 18.2 Å². The van der Waals surface area contributed by atoms with Gasteiger partial charge in [-0.2, -0.15) is 0 Å². The molecule has 0 saturated heterocycles. The molecule has 1 aliphatic carbocycles. The van der Waals surface area contributed by atoms with Crippen molar-refractivity contribution in [3.63, 3.8) is 0 Å². The van der Waals surface area contributed by atoms with E-state index in [1.807, 2.05) is 36.4 Å². The molecule has 1 amide bonds. The van der Waals surface area contributed by atoms with Crippen molar-refractivity contribution >= 4 is 49.1 Å². The van der Waals surface area contributed by atoms with Crippen molar-refractivity contribution in [1.29, 1.82) is 0 Å². The zero-order valence-electron chi connectivity index (χ0n) is 23.1. The molecule has 0 fully saturated rings. The molecule has 1 aliphatic rings. The summed E-state index contributed by atoms with van der Waals surface area (Å²) in [5.41, 5.74) is 4.29. The lowest BCUT2D eigenvalue weighted by atomic mass is 9.79. The van der Waals surface area contributed by atoms with Crippen molar-refractivity contribution in [2.75, 3.05) is 5.32 Å². The van der Waals surface area contributed by atoms with Gasteiger partial charge in [0.15, 0.2) is 5.78 Å². The molecule has 0 radical (unpaired) electrons. The summed E-state index contributed by atoms with van der Waals surface area (Å²) >= 11 is 11.9. The summed E-state index contributed by atoms with van der Waals surface area (Å²) in [7, 11) is -1.94. The Morgan fingerprint density at radius 1 is 0.974 bits per heavy atom. The van der Waals surface area contributed by atoms with E-state index in [9.17, 15) is 9.59 Å². The summed E-state index contributed by atoms with van der Waals surface area (Å²) in [5.74, 6) is 0.980. The van der Waals surface area contributed by atoms with Crippen molar-refractivity contribution in [3.8, 4) is 5.75 Å². The van der Waals surface area contributed by atoms with Crippen LogP contribution in [0.15, 0.2) is 60.7 Å². The van der Waals surface area contributed by atoms with Crippen molar-refractivity contribution in [2.24, 2.45) is 5.92 Å². The summed E-state index contributed by atoms with van der Waals surface area (Å²) < 4.78 is 11.7. The maximum Gasteiger partial charge on any atom is 0.411 e. The lowest BCUT2D eigenvalue weighted by Gasteiger charge is -2.36. The number of nitrogens with one attached hydrogen (secondary N) is 1. The standard InChI is InChI=1S/C31H35Cl2NO4Si/c1-31(2,3)39(4,5)38-25-13-14-26-22(18-25)9-10-23(29(26)35)16-20-6-11-24(12-7-20)34-30(36)37-19-21-8-15-27(32)28(33)17-21/h6-8,11-15,17-18,23H,9-10,16,19H2,1-5H3,(H,34,36). The molecular formula is C31H35Cl2NO4Si. The van der Waals surface area contributed by atoms with Gasteiger partial charge in [0, 0.05) is 17.2 Å². The van der Waals surface area contributed by atoms with Gasteiger partial charge < -0.3 is 9.16 Å². The van der Waals surface area contributed by atoms with Crippen LogP contribution in [0, 0.1) is 5.92 Å². The number of hydrogen-bond donors (Lipinski definition) is 1. The van der Waals surface area contributed by atoms with Crippen LogP contribution in [0.4, 0.5) is 10.5 Å². The summed E-state index contributed by atoms with van der Waals surface area (Å²) in [6.07, 6.45) is 1.74. The number of carbonyl (C=O) groups excluding carboxylic acids is 2. The minimum absolute atomic E-state index is 0.0698. The van der Waals surface area contributed by atoms with Crippen LogP contribution < -0.4 is 9.74 Å². The minimum Gasteiger partial charge on any atom is -0.543 e. The quantitative estimate of drug-likeness (QED) is 0.281. The lowest BCUT2D eigenvalue weighted by Crippen LogP contribution is -2.43. The topological polar surface area (TPSA) is 64.6 Å². The fraction of sp³-hybridized carbons (Fsp3) is 0.355.